The summed E-state index contributed by atoms with van der Waals surface area (Å²) in [6, 6.07) is 9.20. The van der Waals surface area contributed by atoms with E-state index < -0.39 is 0 Å². The topological polar surface area (TPSA) is 87.9 Å². The maximum absolute atomic E-state index is 6.16. The molecule has 0 amide bonds. The summed E-state index contributed by atoms with van der Waals surface area (Å²) in [5.41, 5.74) is 1.44. The van der Waals surface area contributed by atoms with E-state index in [0.717, 1.165) is 49.0 Å². The van der Waals surface area contributed by atoms with Crippen molar-refractivity contribution in [2.24, 2.45) is 0 Å². The maximum Gasteiger partial charge on any atom is 0.185 e. The molecule has 1 aromatic carbocycles. The molecule has 0 radical (unpaired) electrons. The zero-order valence-electron chi connectivity index (χ0n) is 15.7. The fourth-order valence-corrected chi connectivity index (χ4v) is 4.28. The molecule has 1 atom stereocenters. The highest BCUT2D eigenvalue weighted by atomic mass is 35.5. The van der Waals surface area contributed by atoms with Crippen molar-refractivity contribution in [3.63, 3.8) is 0 Å². The van der Waals surface area contributed by atoms with E-state index in [2.05, 4.69) is 30.3 Å². The van der Waals surface area contributed by atoms with Crippen LogP contribution in [0.4, 0.5) is 5.82 Å². The zero-order valence-corrected chi connectivity index (χ0v) is 17.2. The number of piperidine rings is 1. The lowest BCUT2D eigenvalue weighted by Gasteiger charge is -2.32. The largest absolute Gasteiger partial charge is 0.354 e. The van der Waals surface area contributed by atoms with Gasteiger partial charge in [-0.2, -0.15) is 9.61 Å². The summed E-state index contributed by atoms with van der Waals surface area (Å²) in [5.74, 6) is 3.45. The van der Waals surface area contributed by atoms with Crippen LogP contribution in [0, 0.1) is 6.92 Å². The van der Waals surface area contributed by atoms with Crippen molar-refractivity contribution in [1.82, 2.24) is 35.0 Å². The van der Waals surface area contributed by atoms with Crippen LogP contribution in [-0.2, 0) is 0 Å². The minimum atomic E-state index is 0.276. The molecule has 1 aliphatic heterocycles. The molecule has 0 spiro atoms. The minimum absolute atomic E-state index is 0.276. The number of rotatable bonds is 3. The smallest absolute Gasteiger partial charge is 0.185 e. The highest BCUT2D eigenvalue weighted by Gasteiger charge is 2.25. The fourth-order valence-electron chi connectivity index (χ4n) is 3.75. The number of fused-ring (bicyclic) bond motifs is 1. The average Bonchev–Trinajstić information content (AvgIpc) is 3.33. The van der Waals surface area contributed by atoms with E-state index in [-0.39, 0.29) is 5.92 Å². The van der Waals surface area contributed by atoms with Crippen LogP contribution >= 0.6 is 23.2 Å². The first-order chi connectivity index (χ1) is 14.1. The van der Waals surface area contributed by atoms with Crippen molar-refractivity contribution >= 4 is 34.7 Å². The first-order valence-corrected chi connectivity index (χ1v) is 10.2. The number of nitrogens with zero attached hydrogens (tertiary/aromatic N) is 7. The Kier molecular flexibility index (Phi) is 4.60. The first-order valence-electron chi connectivity index (χ1n) is 9.39. The SMILES string of the molecule is Cc1nc(C2CCCN(c3ccc4nnc(-c5cc(Cl)cc(Cl)c5)n4n3)C2)n[nH]1. The summed E-state index contributed by atoms with van der Waals surface area (Å²) in [6.45, 7) is 3.66. The first kappa shape index (κ1) is 18.3. The third-order valence-corrected chi connectivity index (χ3v) is 5.53. The molecule has 5 rings (SSSR count). The summed E-state index contributed by atoms with van der Waals surface area (Å²) in [7, 11) is 0. The Bertz CT molecular complexity index is 1160. The van der Waals surface area contributed by atoms with Crippen LogP contribution in [0.3, 0.4) is 0 Å². The van der Waals surface area contributed by atoms with E-state index in [9.17, 15) is 0 Å². The Labute approximate surface area is 176 Å². The molecule has 1 aliphatic rings. The summed E-state index contributed by atoms with van der Waals surface area (Å²) in [6.07, 6.45) is 2.12. The van der Waals surface area contributed by atoms with Gasteiger partial charge in [-0.25, -0.2) is 4.98 Å². The molecule has 1 N–H and O–H groups in total. The number of H-pyrrole nitrogens is 1. The molecule has 148 valence electrons. The number of hydrogen-bond acceptors (Lipinski definition) is 6. The number of benzene rings is 1. The highest BCUT2D eigenvalue weighted by Crippen LogP contribution is 2.29. The van der Waals surface area contributed by atoms with E-state index in [4.69, 9.17) is 28.3 Å². The van der Waals surface area contributed by atoms with Gasteiger partial charge in [0.05, 0.1) is 0 Å². The number of aromatic amines is 1. The number of aromatic nitrogens is 7. The lowest BCUT2D eigenvalue weighted by Crippen LogP contribution is -2.35. The fraction of sp³-hybridized carbons (Fsp3) is 0.316. The quantitative estimate of drug-likeness (QED) is 0.531. The molecule has 1 unspecified atom stereocenters. The summed E-state index contributed by atoms with van der Waals surface area (Å²) in [5, 5.41) is 21.7. The van der Waals surface area contributed by atoms with Crippen LogP contribution in [0.2, 0.25) is 10.0 Å². The molecular weight excluding hydrogens is 411 g/mol. The standard InChI is InChI=1S/C19H18Cl2N8/c1-11-22-18(25-23-11)12-3-2-6-28(10-12)17-5-4-16-24-26-19(29(16)27-17)13-7-14(20)9-15(21)8-13/h4-5,7-9,12H,2-3,6,10H2,1H3,(H,22,23,25). The van der Waals surface area contributed by atoms with Crippen LogP contribution in [0.5, 0.6) is 0 Å². The molecule has 0 bridgehead atoms. The van der Waals surface area contributed by atoms with Gasteiger partial charge in [0.25, 0.3) is 0 Å². The van der Waals surface area contributed by atoms with Gasteiger partial charge >= 0.3 is 0 Å². The molecule has 3 aromatic heterocycles. The zero-order chi connectivity index (χ0) is 20.0. The Balaban J connectivity index is 1.49. The molecule has 4 aromatic rings. The lowest BCUT2D eigenvalue weighted by atomic mass is 9.97. The average molecular weight is 429 g/mol. The molecule has 0 aliphatic carbocycles. The van der Waals surface area contributed by atoms with Gasteiger partial charge in [-0.1, -0.05) is 23.2 Å². The van der Waals surface area contributed by atoms with E-state index in [1.54, 1.807) is 22.7 Å². The van der Waals surface area contributed by atoms with Gasteiger partial charge in [0.2, 0.25) is 0 Å². The summed E-state index contributed by atoms with van der Waals surface area (Å²) in [4.78, 5) is 6.77. The number of aryl methyl sites for hydroxylation is 1. The van der Waals surface area contributed by atoms with E-state index in [1.165, 1.54) is 0 Å². The maximum atomic E-state index is 6.16. The number of anilines is 1. The molecule has 1 saturated heterocycles. The second kappa shape index (κ2) is 7.27. The monoisotopic (exact) mass is 428 g/mol. The molecular formula is C19H18Cl2N8. The van der Waals surface area contributed by atoms with E-state index in [0.29, 0.717) is 21.5 Å². The van der Waals surface area contributed by atoms with Crippen LogP contribution < -0.4 is 4.90 Å². The highest BCUT2D eigenvalue weighted by molar-refractivity contribution is 6.35. The second-order valence-corrected chi connectivity index (χ2v) is 8.08. The Morgan fingerprint density at radius 1 is 1.10 bits per heavy atom. The lowest BCUT2D eigenvalue weighted by molar-refractivity contribution is 0.488. The number of hydrogen-bond donors (Lipinski definition) is 1. The predicted octanol–water partition coefficient (Wildman–Crippen LogP) is 3.91. The van der Waals surface area contributed by atoms with Crippen LogP contribution in [0.15, 0.2) is 30.3 Å². The Morgan fingerprint density at radius 2 is 1.93 bits per heavy atom. The molecule has 1 fully saturated rings. The summed E-state index contributed by atoms with van der Waals surface area (Å²) < 4.78 is 1.73. The van der Waals surface area contributed by atoms with Crippen molar-refractivity contribution in [2.75, 3.05) is 18.0 Å². The Hall–Kier alpha value is -2.71. The normalized spacial score (nSPS) is 17.2. The van der Waals surface area contributed by atoms with Crippen LogP contribution in [0.1, 0.15) is 30.4 Å². The predicted molar refractivity (Wildman–Crippen MR) is 112 cm³/mol. The van der Waals surface area contributed by atoms with Gasteiger partial charge in [-0.3, -0.25) is 5.10 Å². The molecule has 4 heterocycles. The number of halogens is 2. The number of nitrogens with one attached hydrogen (secondary N) is 1. The van der Waals surface area contributed by atoms with Crippen molar-refractivity contribution < 1.29 is 0 Å². The van der Waals surface area contributed by atoms with Gasteiger partial charge in [0.1, 0.15) is 11.6 Å². The third-order valence-electron chi connectivity index (χ3n) is 5.09. The van der Waals surface area contributed by atoms with Crippen molar-refractivity contribution in [3.05, 3.63) is 52.0 Å². The van der Waals surface area contributed by atoms with Crippen molar-refractivity contribution in [1.29, 1.82) is 0 Å². The molecule has 8 nitrogen and oxygen atoms in total. The van der Waals surface area contributed by atoms with Gasteiger partial charge in [-0.15, -0.1) is 15.3 Å². The molecule has 29 heavy (non-hydrogen) atoms. The van der Waals surface area contributed by atoms with Gasteiger partial charge in [-0.05, 0) is 50.1 Å². The van der Waals surface area contributed by atoms with Crippen molar-refractivity contribution in [3.8, 4) is 11.4 Å². The summed E-state index contributed by atoms with van der Waals surface area (Å²) >= 11 is 12.3. The van der Waals surface area contributed by atoms with Crippen LogP contribution in [0.25, 0.3) is 17.0 Å². The molecule has 10 heteroatoms. The van der Waals surface area contributed by atoms with Gasteiger partial charge in [0, 0.05) is 34.6 Å². The third kappa shape index (κ3) is 3.54. The van der Waals surface area contributed by atoms with E-state index in [1.807, 2.05) is 19.1 Å². The Morgan fingerprint density at radius 3 is 2.69 bits per heavy atom. The van der Waals surface area contributed by atoms with Crippen LogP contribution in [-0.4, -0.2) is 48.1 Å². The van der Waals surface area contributed by atoms with Crippen molar-refractivity contribution in [2.45, 2.75) is 25.7 Å². The minimum Gasteiger partial charge on any atom is -0.354 e. The van der Waals surface area contributed by atoms with Gasteiger partial charge < -0.3 is 4.90 Å². The second-order valence-electron chi connectivity index (χ2n) is 7.21. The van der Waals surface area contributed by atoms with E-state index >= 15 is 0 Å². The molecule has 0 saturated carbocycles. The van der Waals surface area contributed by atoms with Gasteiger partial charge in [0.15, 0.2) is 17.3 Å².